The average Bonchev–Trinajstić information content (AvgIpc) is 3.36. The van der Waals surface area contributed by atoms with Crippen LogP contribution in [-0.4, -0.2) is 0 Å². The van der Waals surface area contributed by atoms with Gasteiger partial charge < -0.3 is 0 Å². The Labute approximate surface area is 158 Å². The van der Waals surface area contributed by atoms with E-state index in [4.69, 9.17) is 0 Å². The molecule has 1 unspecified atom stereocenters. The second kappa shape index (κ2) is 5.67. The Kier molecular flexibility index (Phi) is 3.45. The molecule has 0 fully saturated rings. The Morgan fingerprint density at radius 2 is 1.58 bits per heavy atom. The Balaban J connectivity index is 1.67. The molecular weight excluding hydrogens is 367 g/mol. The fourth-order valence-electron chi connectivity index (χ4n) is 4.08. The molecule has 3 aliphatic carbocycles. The van der Waals surface area contributed by atoms with Crippen molar-refractivity contribution in [3.05, 3.63) is 95.1 Å². The number of hydrogen-bond donors (Lipinski definition) is 0. The molecule has 113 valence electrons. The molecule has 0 aromatic heterocycles. The molecule has 5 rings (SSSR count). The molecule has 24 heavy (non-hydrogen) atoms. The van der Waals surface area contributed by atoms with Crippen LogP contribution in [0.4, 0.5) is 0 Å². The van der Waals surface area contributed by atoms with E-state index < -0.39 is 0 Å². The number of rotatable bonds is 2. The summed E-state index contributed by atoms with van der Waals surface area (Å²) in [5.41, 5.74) is 11.7. The van der Waals surface area contributed by atoms with Crippen LogP contribution in [0, 0.1) is 0 Å². The average molecular weight is 385 g/mol. The molecule has 0 heterocycles. The van der Waals surface area contributed by atoms with E-state index in [0.717, 1.165) is 12.8 Å². The van der Waals surface area contributed by atoms with Gasteiger partial charge in [0.05, 0.1) is 0 Å². The molecule has 0 amide bonds. The number of hydrogen-bond acceptors (Lipinski definition) is 0. The number of fused-ring (bicyclic) bond motifs is 3. The summed E-state index contributed by atoms with van der Waals surface area (Å²) >= 11 is 1.58. The predicted molar refractivity (Wildman–Crippen MR) is 97.2 cm³/mol. The summed E-state index contributed by atoms with van der Waals surface area (Å²) in [4.78, 5) is 0. The summed E-state index contributed by atoms with van der Waals surface area (Å²) in [6, 6.07) is 14.0. The van der Waals surface area contributed by atoms with Crippen LogP contribution in [0.25, 0.3) is 22.3 Å². The zero-order valence-electron chi connectivity index (χ0n) is 13.4. The molecule has 2 aromatic carbocycles. The van der Waals surface area contributed by atoms with Crippen molar-refractivity contribution < 1.29 is 24.7 Å². The van der Waals surface area contributed by atoms with Gasteiger partial charge in [0, 0.05) is 0 Å². The van der Waals surface area contributed by atoms with Crippen molar-refractivity contribution >= 4 is 11.1 Å². The third-order valence-corrected chi connectivity index (χ3v) is 6.83. The van der Waals surface area contributed by atoms with E-state index in [-0.39, 0.29) is 0 Å². The quantitative estimate of drug-likeness (QED) is 0.596. The van der Waals surface area contributed by atoms with Gasteiger partial charge in [-0.2, -0.15) is 0 Å². The van der Waals surface area contributed by atoms with E-state index in [1.165, 1.54) is 44.5 Å². The van der Waals surface area contributed by atoms with Crippen LogP contribution in [0.1, 0.15) is 38.7 Å². The van der Waals surface area contributed by atoms with E-state index in [9.17, 15) is 0 Å². The van der Waals surface area contributed by atoms with Crippen molar-refractivity contribution in [1.29, 1.82) is 0 Å². The zero-order chi connectivity index (χ0) is 16.1. The second-order valence-electron chi connectivity index (χ2n) is 6.65. The van der Waals surface area contributed by atoms with Crippen LogP contribution < -0.4 is 0 Å². The van der Waals surface area contributed by atoms with Crippen molar-refractivity contribution in [2.45, 2.75) is 16.5 Å². The van der Waals surface area contributed by atoms with Crippen molar-refractivity contribution in [3.63, 3.8) is 0 Å². The molecule has 0 N–H and O–H groups in total. The fourth-order valence-corrected chi connectivity index (χ4v) is 5.26. The maximum absolute atomic E-state index is 2.44. The first-order valence-corrected chi connectivity index (χ1v) is 9.95. The summed E-state index contributed by atoms with van der Waals surface area (Å²) in [5, 5.41) is 0. The Morgan fingerprint density at radius 1 is 0.792 bits per heavy atom. The van der Waals surface area contributed by atoms with Crippen molar-refractivity contribution in [2.24, 2.45) is 0 Å². The normalized spacial score (nSPS) is 20.0. The third kappa shape index (κ3) is 2.15. The van der Waals surface area contributed by atoms with Gasteiger partial charge in [-0.15, -0.1) is 0 Å². The van der Waals surface area contributed by atoms with Gasteiger partial charge in [0.1, 0.15) is 0 Å². The van der Waals surface area contributed by atoms with Gasteiger partial charge in [0.15, 0.2) is 0 Å². The molecule has 3 aliphatic rings. The summed E-state index contributed by atoms with van der Waals surface area (Å²) in [6.07, 6.45) is 15.5. The molecule has 0 bridgehead atoms. The molecular formula is C23H17Zr. The standard InChI is InChI=1S/C23H17.Zr/c1-2-7-16(6-1)18-12-13-22-20(14-18)15-19-10-5-11-21(23(19)22)17-8-3-4-9-17;/h1-6,8,10-15H,7,9H2;. The Hall–Kier alpha value is -1.72. The van der Waals surface area contributed by atoms with Crippen LogP contribution in [-0.2, 0) is 24.7 Å². The van der Waals surface area contributed by atoms with Gasteiger partial charge in [-0.25, -0.2) is 0 Å². The first-order valence-electron chi connectivity index (χ1n) is 8.53. The van der Waals surface area contributed by atoms with Crippen LogP contribution in [0.2, 0.25) is 0 Å². The van der Waals surface area contributed by atoms with E-state index in [1.54, 1.807) is 24.7 Å². The molecule has 0 saturated heterocycles. The first kappa shape index (κ1) is 14.6. The van der Waals surface area contributed by atoms with Crippen LogP contribution in [0.5, 0.6) is 0 Å². The molecule has 0 radical (unpaired) electrons. The van der Waals surface area contributed by atoms with Gasteiger partial charge in [-0.05, 0) is 0 Å². The molecule has 1 heteroatoms. The van der Waals surface area contributed by atoms with Gasteiger partial charge in [0.2, 0.25) is 0 Å². The van der Waals surface area contributed by atoms with E-state index >= 15 is 0 Å². The minimum atomic E-state index is 0.562. The van der Waals surface area contributed by atoms with E-state index in [2.05, 4.69) is 72.9 Å². The predicted octanol–water partition coefficient (Wildman–Crippen LogP) is 5.99. The fraction of sp³-hybridized carbons (Fsp3) is 0.130. The zero-order valence-corrected chi connectivity index (χ0v) is 15.9. The monoisotopic (exact) mass is 383 g/mol. The third-order valence-electron chi connectivity index (χ3n) is 5.30. The molecule has 0 saturated carbocycles. The van der Waals surface area contributed by atoms with Crippen LogP contribution in [0.15, 0.2) is 72.9 Å². The SMILES string of the molecule is [Zr][CH]1c2cc(C3=CC=CC3)ccc2-c2c(C3=CC=CC3)cccc21. The topological polar surface area (TPSA) is 0 Å². The summed E-state index contributed by atoms with van der Waals surface area (Å²) in [6.45, 7) is 0. The van der Waals surface area contributed by atoms with Gasteiger partial charge in [-0.1, -0.05) is 0 Å². The molecule has 0 aliphatic heterocycles. The van der Waals surface area contributed by atoms with Crippen molar-refractivity contribution in [3.8, 4) is 11.1 Å². The van der Waals surface area contributed by atoms with E-state index in [0.29, 0.717) is 3.63 Å². The molecule has 2 aromatic rings. The molecule has 1 atom stereocenters. The Bertz CT molecular complexity index is 970. The van der Waals surface area contributed by atoms with Gasteiger partial charge >= 0.3 is 159 Å². The molecule has 0 spiro atoms. The minimum absolute atomic E-state index is 0.562. The second-order valence-corrected chi connectivity index (χ2v) is 8.07. The summed E-state index contributed by atoms with van der Waals surface area (Å²) < 4.78 is 0.562. The van der Waals surface area contributed by atoms with Crippen LogP contribution >= 0.6 is 0 Å². The summed E-state index contributed by atoms with van der Waals surface area (Å²) in [7, 11) is 0. The number of benzene rings is 2. The maximum atomic E-state index is 2.44. The number of allylic oxidation sites excluding steroid dienone is 8. The Morgan fingerprint density at radius 3 is 2.33 bits per heavy atom. The summed E-state index contributed by atoms with van der Waals surface area (Å²) in [5.74, 6) is 0. The van der Waals surface area contributed by atoms with Crippen LogP contribution in [0.3, 0.4) is 0 Å². The molecule has 0 nitrogen and oxygen atoms in total. The van der Waals surface area contributed by atoms with E-state index in [1.807, 2.05) is 0 Å². The van der Waals surface area contributed by atoms with Crippen molar-refractivity contribution in [1.82, 2.24) is 0 Å². The first-order chi connectivity index (χ1) is 11.8. The van der Waals surface area contributed by atoms with Crippen molar-refractivity contribution in [2.75, 3.05) is 0 Å². The van der Waals surface area contributed by atoms with Gasteiger partial charge in [0.25, 0.3) is 0 Å². The van der Waals surface area contributed by atoms with Gasteiger partial charge in [-0.3, -0.25) is 0 Å².